The summed E-state index contributed by atoms with van der Waals surface area (Å²) in [4.78, 5) is 8.67. The second kappa shape index (κ2) is 6.33. The molecule has 2 atom stereocenters. The van der Waals surface area contributed by atoms with E-state index in [1.807, 2.05) is 19.3 Å². The van der Waals surface area contributed by atoms with Crippen LogP contribution >= 0.6 is 11.8 Å². The summed E-state index contributed by atoms with van der Waals surface area (Å²) in [6.45, 7) is 2.89. The molecule has 2 rings (SSSR count). The van der Waals surface area contributed by atoms with Crippen molar-refractivity contribution >= 4 is 11.8 Å². The van der Waals surface area contributed by atoms with E-state index < -0.39 is 0 Å². The second-order valence-corrected chi connectivity index (χ2v) is 5.49. The van der Waals surface area contributed by atoms with Gasteiger partial charge in [0, 0.05) is 30.8 Å². The number of hydrogen-bond donors (Lipinski definition) is 1. The van der Waals surface area contributed by atoms with Gasteiger partial charge in [0.1, 0.15) is 0 Å². The third-order valence-corrected chi connectivity index (χ3v) is 3.67. The monoisotopic (exact) mass is 253 g/mol. The number of hydrogen-bond acceptors (Lipinski definition) is 5. The summed E-state index contributed by atoms with van der Waals surface area (Å²) < 4.78 is 5.56. The molecule has 0 amide bonds. The first-order chi connectivity index (χ1) is 8.24. The fourth-order valence-corrected chi connectivity index (χ4v) is 2.69. The highest BCUT2D eigenvalue weighted by Crippen LogP contribution is 2.20. The third kappa shape index (κ3) is 4.26. The van der Waals surface area contributed by atoms with Crippen molar-refractivity contribution in [2.75, 3.05) is 12.4 Å². The molecule has 1 saturated heterocycles. The Bertz CT molecular complexity index is 336. The fraction of sp³-hybridized carbons (Fsp3) is 0.667. The number of thioether (sulfide) groups is 1. The van der Waals surface area contributed by atoms with Gasteiger partial charge in [-0.1, -0.05) is 11.8 Å². The number of ether oxygens (including phenoxy) is 1. The van der Waals surface area contributed by atoms with Gasteiger partial charge in [-0.3, -0.25) is 0 Å². The van der Waals surface area contributed by atoms with Crippen molar-refractivity contribution < 1.29 is 4.74 Å². The highest BCUT2D eigenvalue weighted by molar-refractivity contribution is 7.99. The number of nitrogens with zero attached hydrogens (tertiary/aromatic N) is 2. The summed E-state index contributed by atoms with van der Waals surface area (Å²) in [5.74, 6) is 0.951. The standard InChI is InChI=1S/C12H19N3OS/c1-9(13)5-10-6-14-12(15-7-10)17-8-11-3-2-4-16-11/h6-7,9,11H,2-5,8,13H2,1H3. The van der Waals surface area contributed by atoms with Gasteiger partial charge in [0.15, 0.2) is 5.16 Å². The van der Waals surface area contributed by atoms with Gasteiger partial charge in [-0.15, -0.1) is 0 Å². The van der Waals surface area contributed by atoms with Gasteiger partial charge in [0.05, 0.1) is 6.10 Å². The molecule has 2 N–H and O–H groups in total. The molecular formula is C12H19N3OS. The van der Waals surface area contributed by atoms with Gasteiger partial charge < -0.3 is 10.5 Å². The predicted octanol–water partition coefficient (Wildman–Crippen LogP) is 1.64. The average molecular weight is 253 g/mol. The molecule has 2 heterocycles. The number of rotatable bonds is 5. The van der Waals surface area contributed by atoms with Crippen molar-refractivity contribution in [3.05, 3.63) is 18.0 Å². The molecule has 1 aromatic rings. The van der Waals surface area contributed by atoms with Crippen molar-refractivity contribution in [2.24, 2.45) is 5.73 Å². The normalized spacial score (nSPS) is 21.6. The van der Waals surface area contributed by atoms with E-state index in [1.54, 1.807) is 11.8 Å². The van der Waals surface area contributed by atoms with Crippen LogP contribution in [0.25, 0.3) is 0 Å². The summed E-state index contributed by atoms with van der Waals surface area (Å²) in [5, 5.41) is 0.828. The Morgan fingerprint density at radius 1 is 1.53 bits per heavy atom. The lowest BCUT2D eigenvalue weighted by Crippen LogP contribution is -2.18. The van der Waals surface area contributed by atoms with Gasteiger partial charge in [0.25, 0.3) is 0 Å². The van der Waals surface area contributed by atoms with E-state index in [1.165, 1.54) is 6.42 Å². The van der Waals surface area contributed by atoms with E-state index in [0.29, 0.717) is 6.10 Å². The van der Waals surface area contributed by atoms with Crippen LogP contribution in [-0.2, 0) is 11.2 Å². The lowest BCUT2D eigenvalue weighted by molar-refractivity contribution is 0.129. The van der Waals surface area contributed by atoms with Gasteiger partial charge in [0.2, 0.25) is 0 Å². The average Bonchev–Trinajstić information content (AvgIpc) is 2.80. The molecular weight excluding hydrogens is 234 g/mol. The maximum atomic E-state index is 5.73. The quantitative estimate of drug-likeness (QED) is 0.638. The van der Waals surface area contributed by atoms with E-state index in [-0.39, 0.29) is 6.04 Å². The van der Waals surface area contributed by atoms with E-state index in [0.717, 1.165) is 35.9 Å². The Morgan fingerprint density at radius 2 is 2.29 bits per heavy atom. The van der Waals surface area contributed by atoms with Crippen molar-refractivity contribution in [3.8, 4) is 0 Å². The molecule has 1 fully saturated rings. The summed E-state index contributed by atoms with van der Waals surface area (Å²) in [6, 6.07) is 0.156. The van der Waals surface area contributed by atoms with Crippen molar-refractivity contribution in [1.29, 1.82) is 0 Å². The maximum absolute atomic E-state index is 5.73. The van der Waals surface area contributed by atoms with E-state index in [4.69, 9.17) is 10.5 Å². The smallest absolute Gasteiger partial charge is 0.187 e. The Kier molecular flexibility index (Phi) is 4.76. The van der Waals surface area contributed by atoms with Crippen LogP contribution in [0.5, 0.6) is 0 Å². The highest BCUT2D eigenvalue weighted by atomic mass is 32.2. The summed E-state index contributed by atoms with van der Waals surface area (Å²) in [7, 11) is 0. The summed E-state index contributed by atoms with van der Waals surface area (Å²) in [5.41, 5.74) is 6.83. The van der Waals surface area contributed by atoms with Crippen LogP contribution in [0.2, 0.25) is 0 Å². The lowest BCUT2D eigenvalue weighted by Gasteiger charge is -2.08. The van der Waals surface area contributed by atoms with Crippen LogP contribution < -0.4 is 5.73 Å². The van der Waals surface area contributed by atoms with E-state index >= 15 is 0 Å². The first-order valence-corrected chi connectivity index (χ1v) is 7.03. The molecule has 17 heavy (non-hydrogen) atoms. The molecule has 0 saturated carbocycles. The predicted molar refractivity (Wildman–Crippen MR) is 69.1 cm³/mol. The minimum Gasteiger partial charge on any atom is -0.377 e. The van der Waals surface area contributed by atoms with Crippen LogP contribution in [-0.4, -0.2) is 34.5 Å². The molecule has 0 spiro atoms. The van der Waals surface area contributed by atoms with Gasteiger partial charge in [-0.05, 0) is 31.7 Å². The summed E-state index contributed by atoms with van der Waals surface area (Å²) in [6.07, 6.45) is 7.29. The lowest BCUT2D eigenvalue weighted by atomic mass is 10.1. The van der Waals surface area contributed by atoms with Gasteiger partial charge in [-0.25, -0.2) is 9.97 Å². The van der Waals surface area contributed by atoms with Crippen LogP contribution in [0.1, 0.15) is 25.3 Å². The minimum atomic E-state index is 0.156. The minimum absolute atomic E-state index is 0.156. The molecule has 1 aromatic heterocycles. The fourth-order valence-electron chi connectivity index (χ4n) is 1.84. The molecule has 5 heteroatoms. The molecule has 4 nitrogen and oxygen atoms in total. The number of aromatic nitrogens is 2. The zero-order valence-electron chi connectivity index (χ0n) is 10.1. The van der Waals surface area contributed by atoms with Crippen molar-refractivity contribution in [1.82, 2.24) is 9.97 Å². The molecule has 0 radical (unpaired) electrons. The largest absolute Gasteiger partial charge is 0.377 e. The molecule has 94 valence electrons. The Morgan fingerprint density at radius 3 is 2.88 bits per heavy atom. The van der Waals surface area contributed by atoms with Gasteiger partial charge in [-0.2, -0.15) is 0 Å². The zero-order valence-corrected chi connectivity index (χ0v) is 10.9. The van der Waals surface area contributed by atoms with Crippen LogP contribution in [0.4, 0.5) is 0 Å². The Labute approximate surface area is 106 Å². The molecule has 0 aliphatic carbocycles. The Hall–Kier alpha value is -0.650. The number of nitrogens with two attached hydrogens (primary N) is 1. The topological polar surface area (TPSA) is 61.0 Å². The molecule has 0 bridgehead atoms. The third-order valence-electron chi connectivity index (χ3n) is 2.66. The molecule has 1 aliphatic heterocycles. The first-order valence-electron chi connectivity index (χ1n) is 6.05. The van der Waals surface area contributed by atoms with Gasteiger partial charge >= 0.3 is 0 Å². The van der Waals surface area contributed by atoms with Crippen molar-refractivity contribution in [2.45, 2.75) is 43.5 Å². The van der Waals surface area contributed by atoms with Crippen LogP contribution in [0.3, 0.4) is 0 Å². The molecule has 2 unspecified atom stereocenters. The summed E-state index contributed by atoms with van der Waals surface area (Å²) >= 11 is 1.67. The van der Waals surface area contributed by atoms with Crippen LogP contribution in [0, 0.1) is 0 Å². The Balaban J connectivity index is 1.80. The second-order valence-electron chi connectivity index (χ2n) is 4.50. The molecule has 0 aromatic carbocycles. The maximum Gasteiger partial charge on any atom is 0.187 e. The van der Waals surface area contributed by atoms with E-state index in [2.05, 4.69) is 9.97 Å². The zero-order chi connectivity index (χ0) is 12.1. The van der Waals surface area contributed by atoms with E-state index in [9.17, 15) is 0 Å². The first kappa shape index (κ1) is 12.8. The van der Waals surface area contributed by atoms with Crippen molar-refractivity contribution in [3.63, 3.8) is 0 Å². The SMILES string of the molecule is CC(N)Cc1cnc(SCC2CCCO2)nc1. The van der Waals surface area contributed by atoms with Crippen LogP contribution in [0.15, 0.2) is 17.6 Å². The highest BCUT2D eigenvalue weighted by Gasteiger charge is 2.16. The molecule has 1 aliphatic rings.